The maximum absolute atomic E-state index is 13.9. The zero-order valence-corrected chi connectivity index (χ0v) is 24.5. The van der Waals surface area contributed by atoms with E-state index < -0.39 is 47.2 Å². The summed E-state index contributed by atoms with van der Waals surface area (Å²) in [5.74, 6) is -4.45. The van der Waals surface area contributed by atoms with Crippen LogP contribution in [-0.2, 0) is 9.59 Å². The lowest BCUT2D eigenvalue weighted by molar-refractivity contribution is -0.156. The molecule has 1 aliphatic carbocycles. The first kappa shape index (κ1) is 28.5. The maximum Gasteiger partial charge on any atom is 0.273 e. The first-order chi connectivity index (χ1) is 17.5. The van der Waals surface area contributed by atoms with E-state index in [1.54, 1.807) is 0 Å². The van der Waals surface area contributed by atoms with Crippen LogP contribution < -0.4 is 0 Å². The van der Waals surface area contributed by atoms with E-state index in [2.05, 4.69) is 31.9 Å². The monoisotopic (exact) mass is 694 g/mol. The van der Waals surface area contributed by atoms with Crippen molar-refractivity contribution >= 4 is 90.2 Å². The van der Waals surface area contributed by atoms with Crippen LogP contribution in [0.5, 0.6) is 0 Å². The third-order valence-corrected chi connectivity index (χ3v) is 10.3. The van der Waals surface area contributed by atoms with Crippen LogP contribution in [0.4, 0.5) is 4.39 Å². The zero-order valence-electron chi connectivity index (χ0n) is 19.1. The zero-order chi connectivity index (χ0) is 27.0. The Morgan fingerprint density at radius 3 is 2.00 bits per heavy atom. The largest absolute Gasteiger partial charge is 0.292 e. The fraction of sp³-hybridized carbons (Fsp3) is 0.360. The standard InChI is InChI=1S/C25H20Br2Cl3FN2O4/c26-17-10-15-16(11-18(17)27)25(37)33(24(15)36)32(23(35)13-3-6-19(29)20(30)9-13)21(7-8-28)22(34)12-1-4-14(31)5-2-12/h1-6,9,15-18,21H,7-8,10-11H2/t15-,16-,17+,18+,21+/m1/s1. The van der Waals surface area contributed by atoms with E-state index in [9.17, 15) is 23.6 Å². The van der Waals surface area contributed by atoms with E-state index in [1.165, 1.54) is 30.3 Å². The van der Waals surface area contributed by atoms with Crippen LogP contribution in [0.15, 0.2) is 42.5 Å². The highest BCUT2D eigenvalue weighted by molar-refractivity contribution is 9.12. The molecule has 0 radical (unpaired) electrons. The molecule has 37 heavy (non-hydrogen) atoms. The highest BCUT2D eigenvalue weighted by atomic mass is 79.9. The van der Waals surface area contributed by atoms with Gasteiger partial charge in [0.05, 0.1) is 21.9 Å². The fourth-order valence-corrected chi connectivity index (χ4v) is 6.44. The van der Waals surface area contributed by atoms with Gasteiger partial charge >= 0.3 is 0 Å². The number of ketones is 1. The predicted molar refractivity (Wildman–Crippen MR) is 146 cm³/mol. The van der Waals surface area contributed by atoms with Crippen molar-refractivity contribution in [1.29, 1.82) is 0 Å². The number of Topliss-reactive ketones (excluding diaryl/α,β-unsaturated/α-hetero) is 1. The molecule has 1 aliphatic heterocycles. The van der Waals surface area contributed by atoms with Crippen molar-refractivity contribution in [3.8, 4) is 0 Å². The highest BCUT2D eigenvalue weighted by Crippen LogP contribution is 2.44. The van der Waals surface area contributed by atoms with Gasteiger partial charge in [0.1, 0.15) is 11.9 Å². The van der Waals surface area contributed by atoms with Crippen LogP contribution in [-0.4, -0.2) is 55.1 Å². The molecule has 2 fully saturated rings. The third-order valence-electron chi connectivity index (χ3n) is 6.59. The Morgan fingerprint density at radius 2 is 1.49 bits per heavy atom. The molecule has 2 aromatic rings. The molecule has 0 aromatic heterocycles. The molecule has 4 rings (SSSR count). The molecule has 0 N–H and O–H groups in total. The van der Waals surface area contributed by atoms with Crippen LogP contribution >= 0.6 is 66.7 Å². The molecule has 6 nitrogen and oxygen atoms in total. The van der Waals surface area contributed by atoms with E-state index >= 15 is 0 Å². The Hall–Kier alpha value is -1.52. The molecule has 0 spiro atoms. The number of carbonyl (C=O) groups excluding carboxylic acids is 4. The summed E-state index contributed by atoms with van der Waals surface area (Å²) >= 11 is 25.3. The minimum atomic E-state index is -1.32. The first-order valence-electron chi connectivity index (χ1n) is 11.3. The second-order valence-corrected chi connectivity index (χ2v) is 12.4. The minimum Gasteiger partial charge on any atom is -0.292 e. The number of carbonyl (C=O) groups is 4. The van der Waals surface area contributed by atoms with Crippen LogP contribution in [0.3, 0.4) is 0 Å². The molecule has 2 aromatic carbocycles. The minimum absolute atomic E-state index is 0.0214. The van der Waals surface area contributed by atoms with E-state index in [1.807, 2.05) is 0 Å². The Bertz CT molecular complexity index is 1220. The molecule has 1 saturated heterocycles. The Labute approximate surface area is 244 Å². The number of hydrazine groups is 1. The van der Waals surface area contributed by atoms with Crippen LogP contribution in [0, 0.1) is 17.7 Å². The summed E-state index contributed by atoms with van der Waals surface area (Å²) in [6, 6.07) is 7.57. The van der Waals surface area contributed by atoms with Gasteiger partial charge in [-0.25, -0.2) is 9.40 Å². The van der Waals surface area contributed by atoms with Gasteiger partial charge in [0, 0.05) is 26.7 Å². The van der Waals surface area contributed by atoms with Crippen LogP contribution in [0.2, 0.25) is 10.0 Å². The summed E-state index contributed by atoms with van der Waals surface area (Å²) in [5.41, 5.74) is 0.120. The van der Waals surface area contributed by atoms with Gasteiger partial charge in [0.25, 0.3) is 17.7 Å². The summed E-state index contributed by atoms with van der Waals surface area (Å²) in [6.45, 7) is 0. The van der Waals surface area contributed by atoms with Crippen molar-refractivity contribution in [3.05, 3.63) is 69.5 Å². The lowest BCUT2D eigenvalue weighted by Crippen LogP contribution is -2.57. The number of nitrogens with zero attached hydrogens (tertiary/aromatic N) is 2. The van der Waals surface area contributed by atoms with Crippen molar-refractivity contribution in [2.24, 2.45) is 11.8 Å². The molecule has 1 saturated carbocycles. The summed E-state index contributed by atoms with van der Waals surface area (Å²) in [7, 11) is 0. The predicted octanol–water partition coefficient (Wildman–Crippen LogP) is 6.29. The summed E-state index contributed by atoms with van der Waals surface area (Å²) in [4.78, 5) is 54.8. The van der Waals surface area contributed by atoms with Gasteiger partial charge in [-0.1, -0.05) is 55.1 Å². The number of rotatable bonds is 7. The number of hydrogen-bond acceptors (Lipinski definition) is 4. The van der Waals surface area contributed by atoms with Gasteiger partial charge in [-0.3, -0.25) is 19.2 Å². The average Bonchev–Trinajstić information content (AvgIpc) is 3.10. The smallest absolute Gasteiger partial charge is 0.273 e. The quantitative estimate of drug-likeness (QED) is 0.194. The van der Waals surface area contributed by atoms with Crippen molar-refractivity contribution in [1.82, 2.24) is 10.0 Å². The second-order valence-electron chi connectivity index (χ2n) is 8.85. The van der Waals surface area contributed by atoms with E-state index in [-0.39, 0.29) is 43.1 Å². The van der Waals surface area contributed by atoms with Crippen LogP contribution in [0.1, 0.15) is 40.0 Å². The molecule has 0 bridgehead atoms. The van der Waals surface area contributed by atoms with Crippen molar-refractivity contribution in [3.63, 3.8) is 0 Å². The van der Waals surface area contributed by atoms with Gasteiger partial charge in [-0.15, -0.1) is 11.6 Å². The summed E-state index contributed by atoms with van der Waals surface area (Å²) in [5, 5.41) is 1.98. The third kappa shape index (κ3) is 5.62. The number of fused-ring (bicyclic) bond motifs is 1. The molecule has 12 heteroatoms. The van der Waals surface area contributed by atoms with Crippen molar-refractivity contribution in [2.45, 2.75) is 35.0 Å². The number of hydrogen-bond donors (Lipinski definition) is 0. The van der Waals surface area contributed by atoms with E-state index in [0.717, 1.165) is 22.2 Å². The summed E-state index contributed by atoms with van der Waals surface area (Å²) in [6.07, 6.45) is 0.685. The highest BCUT2D eigenvalue weighted by Gasteiger charge is 2.56. The number of alkyl halides is 3. The Balaban J connectivity index is 1.82. The van der Waals surface area contributed by atoms with Gasteiger partial charge in [0.15, 0.2) is 5.78 Å². The SMILES string of the molecule is O=C(c1ccc(F)cc1)[C@H](CCCl)N(C(=O)c1ccc(Cl)c(Cl)c1)N1C(=O)[C@@H]2C[C@H](Br)[C@@H](Br)C[C@H]2C1=O. The Morgan fingerprint density at radius 1 is 0.946 bits per heavy atom. The molecule has 1 heterocycles. The van der Waals surface area contributed by atoms with Crippen molar-refractivity contribution in [2.75, 3.05) is 5.88 Å². The van der Waals surface area contributed by atoms with Gasteiger partial charge < -0.3 is 0 Å². The second kappa shape index (κ2) is 11.7. The van der Waals surface area contributed by atoms with E-state index in [4.69, 9.17) is 34.8 Å². The Kier molecular flexibility index (Phi) is 9.01. The maximum atomic E-state index is 13.9. The van der Waals surface area contributed by atoms with E-state index in [0.29, 0.717) is 12.8 Å². The lowest BCUT2D eigenvalue weighted by Gasteiger charge is -2.36. The first-order valence-corrected chi connectivity index (χ1v) is 14.5. The molecular formula is C25H20Br2Cl3FN2O4. The van der Waals surface area contributed by atoms with Crippen molar-refractivity contribution < 1.29 is 23.6 Å². The topological polar surface area (TPSA) is 74.8 Å². The molecule has 5 atom stereocenters. The molecule has 196 valence electrons. The molecule has 0 unspecified atom stereocenters. The summed E-state index contributed by atoms with van der Waals surface area (Å²) < 4.78 is 13.5. The lowest BCUT2D eigenvalue weighted by atomic mass is 9.81. The number of halogens is 6. The number of imide groups is 1. The number of benzene rings is 2. The fourth-order valence-electron chi connectivity index (χ4n) is 4.70. The molecular weight excluding hydrogens is 677 g/mol. The molecule has 2 aliphatic rings. The van der Waals surface area contributed by atoms with Gasteiger partial charge in [-0.2, -0.15) is 5.01 Å². The van der Waals surface area contributed by atoms with Crippen LogP contribution in [0.25, 0.3) is 0 Å². The number of amides is 3. The normalized spacial score (nSPS) is 24.1. The van der Waals surface area contributed by atoms with Gasteiger partial charge in [0.2, 0.25) is 0 Å². The molecule has 3 amide bonds. The van der Waals surface area contributed by atoms with Gasteiger partial charge in [-0.05, 0) is 61.7 Å². The average molecular weight is 698 g/mol.